The van der Waals surface area contributed by atoms with Gasteiger partial charge in [-0.05, 0) is 32.2 Å². The minimum absolute atomic E-state index is 0.582. The van der Waals surface area contributed by atoms with E-state index in [2.05, 4.69) is 9.97 Å². The van der Waals surface area contributed by atoms with Gasteiger partial charge in [0.05, 0.1) is 0 Å². The quantitative estimate of drug-likeness (QED) is 0.712. The third kappa shape index (κ3) is 1.70. The minimum Gasteiger partial charge on any atom is -0.383 e. The van der Waals surface area contributed by atoms with Crippen molar-refractivity contribution in [2.24, 2.45) is 5.73 Å². The predicted octanol–water partition coefficient (Wildman–Crippen LogP) is 0.439. The second-order valence-corrected chi connectivity index (χ2v) is 3.70. The molecule has 1 aromatic heterocycles. The summed E-state index contributed by atoms with van der Waals surface area (Å²) in [5.41, 5.74) is 13.7. The fourth-order valence-corrected chi connectivity index (χ4v) is 1.92. The van der Waals surface area contributed by atoms with Crippen LogP contribution in [-0.2, 0) is 19.3 Å². The molecule has 1 heterocycles. The molecule has 4 N–H and O–H groups in total. The number of nitrogens with zero attached hydrogens (tertiary/aromatic N) is 2. The molecule has 0 amide bonds. The Balaban J connectivity index is 2.36. The van der Waals surface area contributed by atoms with Crippen molar-refractivity contribution in [1.29, 1.82) is 0 Å². The first kappa shape index (κ1) is 9.40. The summed E-state index contributed by atoms with van der Waals surface area (Å²) in [6, 6.07) is 0. The molecule has 0 bridgehead atoms. The SMILES string of the molecule is NCCc1nc(N)c2c(n1)CCCC2. The van der Waals surface area contributed by atoms with Crippen molar-refractivity contribution in [3.8, 4) is 0 Å². The van der Waals surface area contributed by atoms with E-state index >= 15 is 0 Å². The van der Waals surface area contributed by atoms with Crippen LogP contribution in [0.1, 0.15) is 29.9 Å². The summed E-state index contributed by atoms with van der Waals surface area (Å²) in [7, 11) is 0. The number of anilines is 1. The fourth-order valence-electron chi connectivity index (χ4n) is 1.92. The van der Waals surface area contributed by atoms with E-state index in [1.54, 1.807) is 0 Å². The smallest absolute Gasteiger partial charge is 0.132 e. The second-order valence-electron chi connectivity index (χ2n) is 3.70. The zero-order valence-electron chi connectivity index (χ0n) is 8.29. The number of aromatic nitrogens is 2. The van der Waals surface area contributed by atoms with Crippen LogP contribution in [0.4, 0.5) is 5.82 Å². The highest BCUT2D eigenvalue weighted by molar-refractivity contribution is 5.43. The second kappa shape index (κ2) is 3.92. The van der Waals surface area contributed by atoms with Crippen LogP contribution in [0, 0.1) is 0 Å². The first-order valence-electron chi connectivity index (χ1n) is 5.15. The molecule has 14 heavy (non-hydrogen) atoms. The molecule has 4 heteroatoms. The lowest BCUT2D eigenvalue weighted by atomic mass is 9.96. The molecule has 4 nitrogen and oxygen atoms in total. The molecule has 1 aliphatic rings. The van der Waals surface area contributed by atoms with Gasteiger partial charge in [-0.3, -0.25) is 0 Å². The van der Waals surface area contributed by atoms with Crippen LogP contribution in [0.25, 0.3) is 0 Å². The number of rotatable bonds is 2. The lowest BCUT2D eigenvalue weighted by Gasteiger charge is -2.16. The Bertz CT molecular complexity index is 335. The van der Waals surface area contributed by atoms with Gasteiger partial charge in [-0.1, -0.05) is 0 Å². The number of nitrogens with two attached hydrogens (primary N) is 2. The van der Waals surface area contributed by atoms with Crippen molar-refractivity contribution in [3.05, 3.63) is 17.1 Å². The molecule has 2 rings (SSSR count). The molecule has 0 fully saturated rings. The summed E-state index contributed by atoms with van der Waals surface area (Å²) < 4.78 is 0. The molecule has 0 saturated carbocycles. The summed E-state index contributed by atoms with van der Waals surface area (Å²) >= 11 is 0. The lowest BCUT2D eigenvalue weighted by Crippen LogP contribution is -2.15. The third-order valence-corrected chi connectivity index (χ3v) is 2.63. The van der Waals surface area contributed by atoms with E-state index in [-0.39, 0.29) is 0 Å². The Labute approximate surface area is 83.7 Å². The van der Waals surface area contributed by atoms with Gasteiger partial charge in [-0.2, -0.15) is 0 Å². The van der Waals surface area contributed by atoms with Crippen molar-refractivity contribution in [1.82, 2.24) is 9.97 Å². The molecule has 0 unspecified atom stereocenters. The Hall–Kier alpha value is -1.16. The monoisotopic (exact) mass is 192 g/mol. The Kier molecular flexibility index (Phi) is 2.63. The first-order chi connectivity index (χ1) is 6.81. The van der Waals surface area contributed by atoms with Crippen LogP contribution in [0.5, 0.6) is 0 Å². The molecule has 0 atom stereocenters. The van der Waals surface area contributed by atoms with E-state index in [0.717, 1.165) is 36.3 Å². The maximum atomic E-state index is 5.88. The van der Waals surface area contributed by atoms with E-state index < -0.39 is 0 Å². The van der Waals surface area contributed by atoms with Gasteiger partial charge < -0.3 is 11.5 Å². The lowest BCUT2D eigenvalue weighted by molar-refractivity contribution is 0.656. The molecule has 1 aromatic rings. The van der Waals surface area contributed by atoms with Crippen molar-refractivity contribution in [3.63, 3.8) is 0 Å². The van der Waals surface area contributed by atoms with Crippen LogP contribution in [0.3, 0.4) is 0 Å². The zero-order chi connectivity index (χ0) is 9.97. The average Bonchev–Trinajstić information content (AvgIpc) is 2.18. The molecule has 0 radical (unpaired) electrons. The number of nitrogen functional groups attached to an aromatic ring is 1. The summed E-state index contributed by atoms with van der Waals surface area (Å²) in [6.07, 6.45) is 5.21. The molecule has 0 spiro atoms. The van der Waals surface area contributed by atoms with E-state index in [1.165, 1.54) is 12.8 Å². The highest BCUT2D eigenvalue weighted by Crippen LogP contribution is 2.23. The van der Waals surface area contributed by atoms with Crippen LogP contribution < -0.4 is 11.5 Å². The number of hydrogen-bond acceptors (Lipinski definition) is 4. The third-order valence-electron chi connectivity index (χ3n) is 2.63. The number of fused-ring (bicyclic) bond motifs is 1. The maximum absolute atomic E-state index is 5.88. The van der Waals surface area contributed by atoms with Gasteiger partial charge in [-0.25, -0.2) is 9.97 Å². The Morgan fingerprint density at radius 2 is 1.93 bits per heavy atom. The van der Waals surface area contributed by atoms with Gasteiger partial charge in [0.1, 0.15) is 11.6 Å². The summed E-state index contributed by atoms with van der Waals surface area (Å²) in [5, 5.41) is 0. The molecule has 76 valence electrons. The van der Waals surface area contributed by atoms with Gasteiger partial charge in [0.25, 0.3) is 0 Å². The molecule has 1 aliphatic carbocycles. The standard InChI is InChI=1S/C10H16N4/c11-6-5-9-13-8-4-2-1-3-7(8)10(12)14-9/h1-6,11H2,(H2,12,13,14). The molecule has 0 aromatic carbocycles. The topological polar surface area (TPSA) is 77.8 Å². The van der Waals surface area contributed by atoms with E-state index in [1.807, 2.05) is 0 Å². The van der Waals surface area contributed by atoms with Crippen LogP contribution in [0.15, 0.2) is 0 Å². The average molecular weight is 192 g/mol. The van der Waals surface area contributed by atoms with Crippen molar-refractivity contribution >= 4 is 5.82 Å². The summed E-state index contributed by atoms with van der Waals surface area (Å²) in [5.74, 6) is 1.46. The first-order valence-corrected chi connectivity index (χ1v) is 5.15. The van der Waals surface area contributed by atoms with Gasteiger partial charge in [0, 0.05) is 17.7 Å². The fraction of sp³-hybridized carbons (Fsp3) is 0.600. The highest BCUT2D eigenvalue weighted by Gasteiger charge is 2.15. The highest BCUT2D eigenvalue weighted by atomic mass is 15.0. The van der Waals surface area contributed by atoms with E-state index in [0.29, 0.717) is 12.4 Å². The van der Waals surface area contributed by atoms with Crippen molar-refractivity contribution in [2.75, 3.05) is 12.3 Å². The molecule has 0 saturated heterocycles. The maximum Gasteiger partial charge on any atom is 0.132 e. The number of aryl methyl sites for hydroxylation is 1. The van der Waals surface area contributed by atoms with Gasteiger partial charge in [-0.15, -0.1) is 0 Å². The molecule has 0 aliphatic heterocycles. The molecular weight excluding hydrogens is 176 g/mol. The zero-order valence-corrected chi connectivity index (χ0v) is 8.29. The predicted molar refractivity (Wildman–Crippen MR) is 55.8 cm³/mol. The minimum atomic E-state index is 0.582. The Morgan fingerprint density at radius 3 is 2.71 bits per heavy atom. The normalized spacial score (nSPS) is 15.2. The van der Waals surface area contributed by atoms with Crippen LogP contribution >= 0.6 is 0 Å². The number of hydrogen-bond donors (Lipinski definition) is 2. The largest absolute Gasteiger partial charge is 0.383 e. The molecular formula is C10H16N4. The van der Waals surface area contributed by atoms with Crippen LogP contribution in [-0.4, -0.2) is 16.5 Å². The van der Waals surface area contributed by atoms with E-state index in [9.17, 15) is 0 Å². The Morgan fingerprint density at radius 1 is 1.14 bits per heavy atom. The van der Waals surface area contributed by atoms with Crippen molar-refractivity contribution in [2.45, 2.75) is 32.1 Å². The van der Waals surface area contributed by atoms with Gasteiger partial charge >= 0.3 is 0 Å². The summed E-state index contributed by atoms with van der Waals surface area (Å²) in [6.45, 7) is 0.582. The van der Waals surface area contributed by atoms with Gasteiger partial charge in [0.15, 0.2) is 0 Å². The van der Waals surface area contributed by atoms with Crippen LogP contribution in [0.2, 0.25) is 0 Å². The van der Waals surface area contributed by atoms with Crippen molar-refractivity contribution < 1.29 is 0 Å². The summed E-state index contributed by atoms with van der Waals surface area (Å²) in [4.78, 5) is 8.76. The van der Waals surface area contributed by atoms with Gasteiger partial charge in [0.2, 0.25) is 0 Å². The van der Waals surface area contributed by atoms with E-state index in [4.69, 9.17) is 11.5 Å².